The van der Waals surface area contributed by atoms with Crippen LogP contribution in [0, 0.1) is 0 Å². The number of ether oxygens (including phenoxy) is 1. The summed E-state index contributed by atoms with van der Waals surface area (Å²) in [4.78, 5) is 12.6. The van der Waals surface area contributed by atoms with Crippen molar-refractivity contribution < 1.29 is 9.53 Å². The summed E-state index contributed by atoms with van der Waals surface area (Å²) in [5.74, 6) is 0.279. The van der Waals surface area contributed by atoms with Crippen LogP contribution >= 0.6 is 27.3 Å². The average Bonchev–Trinajstić information content (AvgIpc) is 3.11. The fraction of sp³-hybridized carbons (Fsp3) is 0.211. The summed E-state index contributed by atoms with van der Waals surface area (Å²) in [6.45, 7) is 2.49. The van der Waals surface area contributed by atoms with E-state index in [0.29, 0.717) is 23.1 Å². The molecule has 0 aliphatic rings. The minimum Gasteiger partial charge on any atom is -0.492 e. The molecule has 134 valence electrons. The summed E-state index contributed by atoms with van der Waals surface area (Å²) in [7, 11) is 0. The van der Waals surface area contributed by atoms with Crippen molar-refractivity contribution in [2.24, 2.45) is 0 Å². The fourth-order valence-electron chi connectivity index (χ4n) is 2.34. The molecular weight excluding hydrogens is 414 g/mol. The number of anilines is 1. The fourth-order valence-corrected chi connectivity index (χ4v) is 3.38. The first-order valence-electron chi connectivity index (χ1n) is 8.25. The number of aromatic nitrogens is 2. The molecular formula is C19H18BrN3O2S. The quantitative estimate of drug-likeness (QED) is 0.586. The van der Waals surface area contributed by atoms with Gasteiger partial charge in [0.25, 0.3) is 5.91 Å². The maximum Gasteiger partial charge on any atom is 0.261 e. The van der Waals surface area contributed by atoms with Crippen LogP contribution in [0.4, 0.5) is 5.13 Å². The van der Waals surface area contributed by atoms with Crippen LogP contribution in [0.3, 0.4) is 0 Å². The standard InChI is InChI=1S/C19H18BrN3O2S/c1-2-17-22-23-19(26-17)21-18(24)15-12-14(20)8-9-16(15)25-11-10-13-6-4-3-5-7-13/h3-9,12H,2,10-11H2,1H3,(H,21,23,24). The number of benzene rings is 2. The highest BCUT2D eigenvalue weighted by atomic mass is 79.9. The smallest absolute Gasteiger partial charge is 0.261 e. The molecule has 2 aromatic carbocycles. The van der Waals surface area contributed by atoms with Gasteiger partial charge >= 0.3 is 0 Å². The van der Waals surface area contributed by atoms with E-state index in [-0.39, 0.29) is 5.91 Å². The Morgan fingerprint density at radius 1 is 1.19 bits per heavy atom. The van der Waals surface area contributed by atoms with Gasteiger partial charge in [0.2, 0.25) is 5.13 Å². The van der Waals surface area contributed by atoms with Gasteiger partial charge in [-0.3, -0.25) is 10.1 Å². The van der Waals surface area contributed by atoms with Gasteiger partial charge in [-0.05, 0) is 30.2 Å². The van der Waals surface area contributed by atoms with E-state index >= 15 is 0 Å². The third-order valence-corrected chi connectivity index (χ3v) is 5.14. The van der Waals surface area contributed by atoms with E-state index in [1.807, 2.05) is 31.2 Å². The molecule has 0 atom stereocenters. The Bertz CT molecular complexity index is 884. The van der Waals surface area contributed by atoms with Crippen molar-refractivity contribution in [2.75, 3.05) is 11.9 Å². The third kappa shape index (κ3) is 4.89. The van der Waals surface area contributed by atoms with Crippen molar-refractivity contribution in [3.05, 3.63) is 69.1 Å². The number of nitrogens with one attached hydrogen (secondary N) is 1. The van der Waals surface area contributed by atoms with Crippen molar-refractivity contribution >= 4 is 38.3 Å². The van der Waals surface area contributed by atoms with Crippen LogP contribution in [-0.4, -0.2) is 22.7 Å². The zero-order chi connectivity index (χ0) is 18.4. The highest BCUT2D eigenvalue weighted by Crippen LogP contribution is 2.25. The van der Waals surface area contributed by atoms with Crippen molar-refractivity contribution in [3.63, 3.8) is 0 Å². The number of hydrogen-bond donors (Lipinski definition) is 1. The van der Waals surface area contributed by atoms with Crippen LogP contribution in [0.5, 0.6) is 5.75 Å². The summed E-state index contributed by atoms with van der Waals surface area (Å²) in [5, 5.41) is 12.2. The number of halogens is 1. The van der Waals surface area contributed by atoms with Crippen molar-refractivity contribution in [2.45, 2.75) is 19.8 Å². The lowest BCUT2D eigenvalue weighted by atomic mass is 10.1. The number of carbonyl (C=O) groups excluding carboxylic acids is 1. The summed E-state index contributed by atoms with van der Waals surface area (Å²) in [5.41, 5.74) is 1.65. The SMILES string of the molecule is CCc1nnc(NC(=O)c2cc(Br)ccc2OCCc2ccccc2)s1. The van der Waals surface area contributed by atoms with E-state index < -0.39 is 0 Å². The zero-order valence-electron chi connectivity index (χ0n) is 14.2. The molecule has 0 aliphatic carbocycles. The minimum atomic E-state index is -0.264. The number of nitrogens with zero attached hydrogens (tertiary/aromatic N) is 2. The second-order valence-electron chi connectivity index (χ2n) is 5.53. The van der Waals surface area contributed by atoms with Gasteiger partial charge in [0.05, 0.1) is 12.2 Å². The Labute approximate surface area is 164 Å². The number of rotatable bonds is 7. The Morgan fingerprint density at radius 2 is 2.00 bits per heavy atom. The van der Waals surface area contributed by atoms with Crippen LogP contribution in [0.2, 0.25) is 0 Å². The highest BCUT2D eigenvalue weighted by Gasteiger charge is 2.15. The van der Waals surface area contributed by atoms with E-state index in [0.717, 1.165) is 22.3 Å². The van der Waals surface area contributed by atoms with E-state index in [2.05, 4.69) is 43.6 Å². The number of amides is 1. The van der Waals surface area contributed by atoms with Crippen LogP contribution in [-0.2, 0) is 12.8 Å². The molecule has 3 aromatic rings. The number of carbonyl (C=O) groups is 1. The Balaban J connectivity index is 1.69. The monoisotopic (exact) mass is 431 g/mol. The normalized spacial score (nSPS) is 10.5. The topological polar surface area (TPSA) is 64.1 Å². The molecule has 7 heteroatoms. The molecule has 0 spiro atoms. The molecule has 0 saturated heterocycles. The molecule has 0 saturated carbocycles. The summed E-state index contributed by atoms with van der Waals surface area (Å²) in [6.07, 6.45) is 1.56. The average molecular weight is 432 g/mol. The van der Waals surface area contributed by atoms with Gasteiger partial charge in [-0.15, -0.1) is 10.2 Å². The zero-order valence-corrected chi connectivity index (χ0v) is 16.6. The van der Waals surface area contributed by atoms with Gasteiger partial charge in [0.1, 0.15) is 10.8 Å². The molecule has 1 heterocycles. The maximum atomic E-state index is 12.6. The second kappa shape index (κ2) is 8.91. The molecule has 1 amide bonds. The van der Waals surface area contributed by atoms with E-state index in [4.69, 9.17) is 4.74 Å². The Kier molecular flexibility index (Phi) is 6.35. The van der Waals surface area contributed by atoms with Gasteiger partial charge in [-0.1, -0.05) is 64.5 Å². The van der Waals surface area contributed by atoms with Crippen LogP contribution in [0.25, 0.3) is 0 Å². The lowest BCUT2D eigenvalue weighted by molar-refractivity contribution is 0.102. The highest BCUT2D eigenvalue weighted by molar-refractivity contribution is 9.10. The predicted octanol–water partition coefficient (Wildman–Crippen LogP) is 4.74. The van der Waals surface area contributed by atoms with E-state index in [9.17, 15) is 4.79 Å². The molecule has 0 unspecified atom stereocenters. The molecule has 0 bridgehead atoms. The first-order valence-corrected chi connectivity index (χ1v) is 9.86. The minimum absolute atomic E-state index is 0.264. The number of aryl methyl sites for hydroxylation is 1. The van der Waals surface area contributed by atoms with Gasteiger partial charge < -0.3 is 4.74 Å². The first-order chi connectivity index (χ1) is 12.7. The van der Waals surface area contributed by atoms with Crippen LogP contribution < -0.4 is 10.1 Å². The molecule has 3 rings (SSSR count). The van der Waals surface area contributed by atoms with Crippen molar-refractivity contribution in [1.82, 2.24) is 10.2 Å². The summed E-state index contributed by atoms with van der Waals surface area (Å²) >= 11 is 4.78. The third-order valence-electron chi connectivity index (χ3n) is 3.67. The predicted molar refractivity (Wildman–Crippen MR) is 107 cm³/mol. The molecule has 26 heavy (non-hydrogen) atoms. The largest absolute Gasteiger partial charge is 0.492 e. The van der Waals surface area contributed by atoms with E-state index in [1.165, 1.54) is 16.9 Å². The molecule has 0 fully saturated rings. The molecule has 1 aromatic heterocycles. The summed E-state index contributed by atoms with van der Waals surface area (Å²) in [6, 6.07) is 15.5. The molecule has 5 nitrogen and oxygen atoms in total. The Hall–Kier alpha value is -2.25. The molecule has 1 N–H and O–H groups in total. The molecule has 0 aliphatic heterocycles. The van der Waals surface area contributed by atoms with Crippen molar-refractivity contribution in [3.8, 4) is 5.75 Å². The first kappa shape index (κ1) is 18.5. The number of hydrogen-bond acceptors (Lipinski definition) is 5. The van der Waals surface area contributed by atoms with Crippen LogP contribution in [0.15, 0.2) is 53.0 Å². The second-order valence-corrected chi connectivity index (χ2v) is 7.51. The van der Waals surface area contributed by atoms with Gasteiger partial charge in [0, 0.05) is 10.9 Å². The Morgan fingerprint density at radius 3 is 2.73 bits per heavy atom. The van der Waals surface area contributed by atoms with Crippen LogP contribution in [0.1, 0.15) is 27.9 Å². The van der Waals surface area contributed by atoms with Gasteiger partial charge in [-0.25, -0.2) is 0 Å². The van der Waals surface area contributed by atoms with Gasteiger partial charge in [0.15, 0.2) is 0 Å². The van der Waals surface area contributed by atoms with E-state index in [1.54, 1.807) is 12.1 Å². The summed E-state index contributed by atoms with van der Waals surface area (Å²) < 4.78 is 6.68. The van der Waals surface area contributed by atoms with Gasteiger partial charge in [-0.2, -0.15) is 0 Å². The lowest BCUT2D eigenvalue weighted by Gasteiger charge is -2.11. The molecule has 0 radical (unpaired) electrons. The maximum absolute atomic E-state index is 12.6. The lowest BCUT2D eigenvalue weighted by Crippen LogP contribution is -2.14. The van der Waals surface area contributed by atoms with Crippen molar-refractivity contribution in [1.29, 1.82) is 0 Å².